The summed E-state index contributed by atoms with van der Waals surface area (Å²) < 4.78 is 11.2. The van der Waals surface area contributed by atoms with E-state index in [0.29, 0.717) is 13.2 Å². The van der Waals surface area contributed by atoms with Gasteiger partial charge >= 0.3 is 0 Å². The van der Waals surface area contributed by atoms with Gasteiger partial charge < -0.3 is 14.8 Å². The van der Waals surface area contributed by atoms with Crippen molar-refractivity contribution in [2.45, 2.75) is 46.0 Å². The van der Waals surface area contributed by atoms with Crippen LogP contribution in [0.3, 0.4) is 0 Å². The molecule has 0 aromatic heterocycles. The fraction of sp³-hybridized carbons (Fsp3) is 0.667. The number of unbranched alkanes of at least 4 members (excludes halogenated alkanes) is 3. The van der Waals surface area contributed by atoms with Gasteiger partial charge in [0, 0.05) is 0 Å². The minimum absolute atomic E-state index is 0.664. The molecule has 1 heterocycles. The van der Waals surface area contributed by atoms with Crippen LogP contribution in [-0.4, -0.2) is 26.3 Å². The van der Waals surface area contributed by atoms with Crippen LogP contribution in [0.15, 0.2) is 18.2 Å². The quantitative estimate of drug-likeness (QED) is 0.702. The van der Waals surface area contributed by atoms with Crippen LogP contribution in [0.1, 0.15) is 45.1 Å². The molecule has 0 saturated heterocycles. The summed E-state index contributed by atoms with van der Waals surface area (Å²) in [6.07, 6.45) is 6.29. The summed E-state index contributed by atoms with van der Waals surface area (Å²) in [7, 11) is 0. The van der Waals surface area contributed by atoms with Gasteiger partial charge in [-0.05, 0) is 56.0 Å². The van der Waals surface area contributed by atoms with E-state index in [-0.39, 0.29) is 0 Å². The highest BCUT2D eigenvalue weighted by atomic mass is 16.6. The zero-order valence-corrected chi connectivity index (χ0v) is 13.5. The first kappa shape index (κ1) is 16.2. The molecule has 3 heteroatoms. The van der Waals surface area contributed by atoms with Crippen LogP contribution in [0.2, 0.25) is 0 Å². The molecule has 0 saturated carbocycles. The van der Waals surface area contributed by atoms with Gasteiger partial charge in [0.25, 0.3) is 0 Å². The maximum atomic E-state index is 5.62. The van der Waals surface area contributed by atoms with Gasteiger partial charge in [-0.2, -0.15) is 0 Å². The highest BCUT2D eigenvalue weighted by molar-refractivity contribution is 5.43. The molecule has 1 N–H and O–H groups in total. The normalized spacial score (nSPS) is 13.7. The van der Waals surface area contributed by atoms with Crippen molar-refractivity contribution in [1.29, 1.82) is 0 Å². The third-order valence-corrected chi connectivity index (χ3v) is 3.73. The van der Waals surface area contributed by atoms with Crippen LogP contribution < -0.4 is 14.8 Å². The molecular formula is C18H29NO2. The lowest BCUT2D eigenvalue weighted by molar-refractivity contribution is 0.171. The molecule has 1 aromatic carbocycles. The predicted octanol–water partition coefficient (Wildman–Crippen LogP) is 3.81. The molecule has 0 bridgehead atoms. The van der Waals surface area contributed by atoms with E-state index in [2.05, 4.69) is 31.3 Å². The second kappa shape index (κ2) is 8.93. The van der Waals surface area contributed by atoms with Gasteiger partial charge in [-0.15, -0.1) is 0 Å². The molecule has 3 nitrogen and oxygen atoms in total. The Bertz CT molecular complexity index is 418. The Kier molecular flexibility index (Phi) is 6.87. The molecule has 2 rings (SSSR count). The number of nitrogens with one attached hydrogen (secondary N) is 1. The topological polar surface area (TPSA) is 30.5 Å². The highest BCUT2D eigenvalue weighted by Crippen LogP contribution is 2.31. The fourth-order valence-corrected chi connectivity index (χ4v) is 2.57. The molecule has 0 unspecified atom stereocenters. The number of hydrogen-bond acceptors (Lipinski definition) is 3. The summed E-state index contributed by atoms with van der Waals surface area (Å²) >= 11 is 0. The van der Waals surface area contributed by atoms with E-state index in [1.807, 2.05) is 6.07 Å². The third kappa shape index (κ3) is 5.96. The van der Waals surface area contributed by atoms with Gasteiger partial charge in [0.2, 0.25) is 0 Å². The Balaban J connectivity index is 1.56. The van der Waals surface area contributed by atoms with Gasteiger partial charge in [-0.3, -0.25) is 0 Å². The monoisotopic (exact) mass is 291 g/mol. The maximum absolute atomic E-state index is 5.62. The molecule has 0 amide bonds. The van der Waals surface area contributed by atoms with Crippen LogP contribution in [0.4, 0.5) is 0 Å². The molecular weight excluding hydrogens is 262 g/mol. The van der Waals surface area contributed by atoms with E-state index in [0.717, 1.165) is 36.9 Å². The van der Waals surface area contributed by atoms with E-state index >= 15 is 0 Å². The Morgan fingerprint density at radius 3 is 2.57 bits per heavy atom. The molecule has 118 valence electrons. The number of benzene rings is 1. The first-order chi connectivity index (χ1) is 10.3. The summed E-state index contributed by atoms with van der Waals surface area (Å²) in [5.74, 6) is 2.55. The van der Waals surface area contributed by atoms with Crippen LogP contribution in [0.5, 0.6) is 11.5 Å². The molecule has 0 atom stereocenters. The van der Waals surface area contributed by atoms with Crippen LogP contribution >= 0.6 is 0 Å². The summed E-state index contributed by atoms with van der Waals surface area (Å²) in [6.45, 7) is 8.12. The van der Waals surface area contributed by atoms with E-state index in [4.69, 9.17) is 9.47 Å². The van der Waals surface area contributed by atoms with E-state index < -0.39 is 0 Å². The number of ether oxygens (including phenoxy) is 2. The average molecular weight is 291 g/mol. The Morgan fingerprint density at radius 2 is 1.76 bits per heavy atom. The summed E-state index contributed by atoms with van der Waals surface area (Å²) in [4.78, 5) is 0. The van der Waals surface area contributed by atoms with Gasteiger partial charge in [0.1, 0.15) is 13.2 Å². The lowest BCUT2D eigenvalue weighted by Crippen LogP contribution is -2.20. The molecule has 21 heavy (non-hydrogen) atoms. The third-order valence-electron chi connectivity index (χ3n) is 3.73. The molecule has 1 aromatic rings. The van der Waals surface area contributed by atoms with Crippen LogP contribution in [-0.2, 0) is 6.42 Å². The zero-order chi connectivity index (χ0) is 14.9. The first-order valence-corrected chi connectivity index (χ1v) is 8.35. The number of fused-ring (bicyclic) bond motifs is 1. The number of hydrogen-bond donors (Lipinski definition) is 1. The van der Waals surface area contributed by atoms with Gasteiger partial charge in [-0.1, -0.05) is 32.8 Å². The van der Waals surface area contributed by atoms with Crippen molar-refractivity contribution in [2.75, 3.05) is 26.3 Å². The highest BCUT2D eigenvalue weighted by Gasteiger charge is 2.11. The standard InChI is InChI=1S/C18H29NO2/c1-15(2)14-19-10-6-4-3-5-7-16-8-9-17-18(13-16)21-12-11-20-17/h8-9,13,15,19H,3-7,10-12,14H2,1-2H3. The minimum atomic E-state index is 0.664. The second-order valence-corrected chi connectivity index (χ2v) is 6.24. The smallest absolute Gasteiger partial charge is 0.161 e. The van der Waals surface area contributed by atoms with E-state index in [9.17, 15) is 0 Å². The fourth-order valence-electron chi connectivity index (χ4n) is 2.57. The lowest BCUT2D eigenvalue weighted by Gasteiger charge is -2.18. The van der Waals surface area contributed by atoms with Gasteiger partial charge in [0.05, 0.1) is 0 Å². The summed E-state index contributed by atoms with van der Waals surface area (Å²) in [6, 6.07) is 6.34. The van der Waals surface area contributed by atoms with Crippen molar-refractivity contribution in [1.82, 2.24) is 5.32 Å². The molecule has 0 fully saturated rings. The summed E-state index contributed by atoms with van der Waals surface area (Å²) in [5, 5.41) is 3.50. The summed E-state index contributed by atoms with van der Waals surface area (Å²) in [5.41, 5.74) is 1.36. The van der Waals surface area contributed by atoms with Crippen molar-refractivity contribution < 1.29 is 9.47 Å². The van der Waals surface area contributed by atoms with Crippen LogP contribution in [0.25, 0.3) is 0 Å². The minimum Gasteiger partial charge on any atom is -0.486 e. The molecule has 0 spiro atoms. The maximum Gasteiger partial charge on any atom is 0.161 e. The van der Waals surface area contributed by atoms with Gasteiger partial charge in [-0.25, -0.2) is 0 Å². The first-order valence-electron chi connectivity index (χ1n) is 8.35. The zero-order valence-electron chi connectivity index (χ0n) is 13.5. The van der Waals surface area contributed by atoms with Crippen molar-refractivity contribution in [3.63, 3.8) is 0 Å². The van der Waals surface area contributed by atoms with Gasteiger partial charge in [0.15, 0.2) is 11.5 Å². The molecule has 1 aliphatic rings. The average Bonchev–Trinajstić information content (AvgIpc) is 2.49. The predicted molar refractivity (Wildman–Crippen MR) is 87.3 cm³/mol. The largest absolute Gasteiger partial charge is 0.486 e. The molecule has 0 aliphatic carbocycles. The Morgan fingerprint density at radius 1 is 1.00 bits per heavy atom. The van der Waals surface area contributed by atoms with Crippen molar-refractivity contribution in [3.05, 3.63) is 23.8 Å². The Hall–Kier alpha value is -1.22. The van der Waals surface area contributed by atoms with E-state index in [1.54, 1.807) is 0 Å². The molecule has 0 radical (unpaired) electrons. The van der Waals surface area contributed by atoms with Crippen molar-refractivity contribution in [3.8, 4) is 11.5 Å². The molecule has 1 aliphatic heterocycles. The lowest BCUT2D eigenvalue weighted by atomic mass is 10.1. The second-order valence-electron chi connectivity index (χ2n) is 6.24. The number of aryl methyl sites for hydroxylation is 1. The number of rotatable bonds is 9. The van der Waals surface area contributed by atoms with Crippen molar-refractivity contribution >= 4 is 0 Å². The Labute approximate surface area is 129 Å². The SMILES string of the molecule is CC(C)CNCCCCCCc1ccc2c(c1)OCCO2. The van der Waals surface area contributed by atoms with E-state index in [1.165, 1.54) is 31.2 Å². The van der Waals surface area contributed by atoms with Crippen molar-refractivity contribution in [2.24, 2.45) is 5.92 Å². The van der Waals surface area contributed by atoms with Crippen LogP contribution in [0, 0.1) is 5.92 Å².